The number of carboxylic acid groups (broad SMARTS) is 1. The first-order valence-corrected chi connectivity index (χ1v) is 12.5. The van der Waals surface area contributed by atoms with Crippen LogP contribution in [-0.4, -0.2) is 48.4 Å². The fourth-order valence-electron chi connectivity index (χ4n) is 4.40. The van der Waals surface area contributed by atoms with Crippen LogP contribution in [0.3, 0.4) is 0 Å². The van der Waals surface area contributed by atoms with Gasteiger partial charge in [-0.25, -0.2) is 9.59 Å². The van der Waals surface area contributed by atoms with E-state index in [4.69, 9.17) is 9.84 Å². The first-order valence-electron chi connectivity index (χ1n) is 12.5. The predicted molar refractivity (Wildman–Crippen MR) is 129 cm³/mol. The van der Waals surface area contributed by atoms with Crippen molar-refractivity contribution in [2.45, 2.75) is 102 Å². The van der Waals surface area contributed by atoms with Crippen molar-refractivity contribution < 1.29 is 29.0 Å². The van der Waals surface area contributed by atoms with Crippen LogP contribution >= 0.6 is 0 Å². The zero-order valence-corrected chi connectivity index (χ0v) is 20.3. The molecule has 190 valence electrons. The number of nitrogens with one attached hydrogen (secondary N) is 2. The highest BCUT2D eigenvalue weighted by Gasteiger charge is 2.22. The van der Waals surface area contributed by atoms with Gasteiger partial charge in [0, 0.05) is 18.5 Å². The Morgan fingerprint density at radius 3 is 2.00 bits per heavy atom. The van der Waals surface area contributed by atoms with Gasteiger partial charge in [-0.1, -0.05) is 68.9 Å². The number of ether oxygens (including phenoxy) is 2. The lowest BCUT2D eigenvalue weighted by Crippen LogP contribution is -2.41. The summed E-state index contributed by atoms with van der Waals surface area (Å²) in [6, 6.07) is 9.52. The van der Waals surface area contributed by atoms with Crippen LogP contribution in [0.5, 0.6) is 0 Å². The maximum absolute atomic E-state index is 11.5. The smallest absolute Gasteiger partial charge is 0.408 e. The van der Waals surface area contributed by atoms with Crippen LogP contribution in [0, 0.1) is 0 Å². The second-order valence-corrected chi connectivity index (χ2v) is 9.05. The summed E-state index contributed by atoms with van der Waals surface area (Å²) in [4.78, 5) is 33.5. The average molecular weight is 477 g/mol. The van der Waals surface area contributed by atoms with E-state index in [0.29, 0.717) is 0 Å². The lowest BCUT2D eigenvalue weighted by Gasteiger charge is -2.30. The topological polar surface area (TPSA) is 114 Å². The highest BCUT2D eigenvalue weighted by molar-refractivity contribution is 5.80. The maximum Gasteiger partial charge on any atom is 0.408 e. The van der Waals surface area contributed by atoms with E-state index >= 15 is 0 Å². The van der Waals surface area contributed by atoms with Crippen molar-refractivity contribution in [1.82, 2.24) is 10.6 Å². The van der Waals surface area contributed by atoms with Crippen LogP contribution in [0.1, 0.15) is 82.6 Å². The minimum absolute atomic E-state index is 0.0377. The monoisotopic (exact) mass is 476 g/mol. The summed E-state index contributed by atoms with van der Waals surface area (Å²) < 4.78 is 9.33. The number of hydrogen-bond acceptors (Lipinski definition) is 6. The molecule has 0 bridgehead atoms. The first-order chi connectivity index (χ1) is 16.5. The molecule has 1 amide bonds. The molecule has 2 aliphatic rings. The van der Waals surface area contributed by atoms with Gasteiger partial charge in [-0.3, -0.25) is 4.79 Å². The maximum atomic E-state index is 11.5. The van der Waals surface area contributed by atoms with E-state index in [0.717, 1.165) is 17.6 Å². The SMILES string of the molecule is C1CCC(NC2CCCCC2)CC1.COC(=O)CC[C@H](NC(=O)OCc1ccccc1)C(=O)O. The summed E-state index contributed by atoms with van der Waals surface area (Å²) in [5.41, 5.74) is 0.786. The number of carbonyl (C=O) groups excluding carboxylic acids is 2. The van der Waals surface area contributed by atoms with Crippen molar-refractivity contribution in [2.75, 3.05) is 7.11 Å². The van der Waals surface area contributed by atoms with Gasteiger partial charge in [-0.05, 0) is 37.7 Å². The van der Waals surface area contributed by atoms with Crippen LogP contribution in [-0.2, 0) is 25.7 Å². The van der Waals surface area contributed by atoms with Crippen molar-refractivity contribution in [3.8, 4) is 0 Å². The zero-order chi connectivity index (χ0) is 24.6. The summed E-state index contributed by atoms with van der Waals surface area (Å²) in [6.07, 6.45) is 13.5. The number of amides is 1. The minimum Gasteiger partial charge on any atom is -0.480 e. The van der Waals surface area contributed by atoms with Crippen molar-refractivity contribution in [3.05, 3.63) is 35.9 Å². The number of rotatable bonds is 9. The molecule has 2 fully saturated rings. The standard InChI is InChI=1S/C14H17NO6.C12H23N/c1-20-12(16)8-7-11(13(17)18)15-14(19)21-9-10-5-3-2-4-6-10;1-3-7-11(8-4-1)13-12-9-5-2-6-10-12/h2-6,11H,7-9H2,1H3,(H,15,19)(H,17,18);11-13H,1-10H2/t11-;/m0./s1. The number of benzene rings is 1. The molecule has 2 aliphatic carbocycles. The van der Waals surface area contributed by atoms with Gasteiger partial charge in [0.25, 0.3) is 0 Å². The molecule has 0 saturated heterocycles. The van der Waals surface area contributed by atoms with E-state index in [1.54, 1.807) is 24.3 Å². The van der Waals surface area contributed by atoms with Gasteiger partial charge in [0.1, 0.15) is 12.6 Å². The molecule has 1 atom stereocenters. The largest absolute Gasteiger partial charge is 0.480 e. The van der Waals surface area contributed by atoms with E-state index in [1.165, 1.54) is 71.3 Å². The number of alkyl carbamates (subject to hydrolysis) is 1. The number of carbonyl (C=O) groups is 3. The third-order valence-corrected chi connectivity index (χ3v) is 6.35. The molecule has 1 aromatic carbocycles. The molecular weight excluding hydrogens is 436 g/mol. The normalized spacial score (nSPS) is 17.6. The molecule has 34 heavy (non-hydrogen) atoms. The van der Waals surface area contributed by atoms with Crippen molar-refractivity contribution in [2.24, 2.45) is 0 Å². The van der Waals surface area contributed by atoms with Crippen molar-refractivity contribution >= 4 is 18.0 Å². The van der Waals surface area contributed by atoms with Gasteiger partial charge in [-0.2, -0.15) is 0 Å². The third kappa shape index (κ3) is 11.5. The Morgan fingerprint density at radius 2 is 1.50 bits per heavy atom. The molecule has 3 rings (SSSR count). The Morgan fingerprint density at radius 1 is 0.941 bits per heavy atom. The van der Waals surface area contributed by atoms with Gasteiger partial charge in [0.05, 0.1) is 7.11 Å². The van der Waals surface area contributed by atoms with E-state index in [1.807, 2.05) is 6.07 Å². The molecule has 0 unspecified atom stereocenters. The Balaban J connectivity index is 0.000000266. The molecule has 8 nitrogen and oxygen atoms in total. The van der Waals surface area contributed by atoms with E-state index in [2.05, 4.69) is 15.4 Å². The summed E-state index contributed by atoms with van der Waals surface area (Å²) in [7, 11) is 1.21. The molecule has 0 spiro atoms. The number of carboxylic acids is 1. The third-order valence-electron chi connectivity index (χ3n) is 6.35. The van der Waals surface area contributed by atoms with Crippen molar-refractivity contribution in [1.29, 1.82) is 0 Å². The number of esters is 1. The molecule has 1 aromatic rings. The molecular formula is C26H40N2O6. The Labute approximate surface area is 202 Å². The molecule has 3 N–H and O–H groups in total. The fraction of sp³-hybridized carbons (Fsp3) is 0.654. The van der Waals surface area contributed by atoms with Crippen LogP contribution in [0.2, 0.25) is 0 Å². The number of hydrogen-bond donors (Lipinski definition) is 3. The lowest BCUT2D eigenvalue weighted by molar-refractivity contribution is -0.142. The van der Waals surface area contributed by atoms with Gasteiger partial charge in [0.15, 0.2) is 0 Å². The summed E-state index contributed by atoms with van der Waals surface area (Å²) in [5.74, 6) is -1.78. The van der Waals surface area contributed by atoms with Gasteiger partial charge >= 0.3 is 18.0 Å². The first kappa shape index (κ1) is 27.6. The van der Waals surface area contributed by atoms with Crippen LogP contribution in [0.25, 0.3) is 0 Å². The van der Waals surface area contributed by atoms with E-state index in [9.17, 15) is 14.4 Å². The highest BCUT2D eigenvalue weighted by atomic mass is 16.5. The highest BCUT2D eigenvalue weighted by Crippen LogP contribution is 2.22. The van der Waals surface area contributed by atoms with Gasteiger partial charge in [-0.15, -0.1) is 0 Å². The molecule has 2 saturated carbocycles. The van der Waals surface area contributed by atoms with Crippen LogP contribution in [0.15, 0.2) is 30.3 Å². The summed E-state index contributed by atoms with van der Waals surface area (Å²) >= 11 is 0. The molecule has 0 aromatic heterocycles. The minimum atomic E-state index is -1.24. The second-order valence-electron chi connectivity index (χ2n) is 9.05. The molecule has 0 radical (unpaired) electrons. The summed E-state index contributed by atoms with van der Waals surface area (Å²) in [5, 5.41) is 15.0. The number of methoxy groups -OCH3 is 1. The van der Waals surface area contributed by atoms with Crippen molar-refractivity contribution in [3.63, 3.8) is 0 Å². The van der Waals surface area contributed by atoms with Crippen LogP contribution in [0.4, 0.5) is 4.79 Å². The average Bonchev–Trinajstić information content (AvgIpc) is 2.87. The number of aliphatic carboxylic acids is 1. The van der Waals surface area contributed by atoms with Gasteiger partial charge in [0.2, 0.25) is 0 Å². The fourth-order valence-corrected chi connectivity index (χ4v) is 4.40. The lowest BCUT2D eigenvalue weighted by atomic mass is 9.91. The van der Waals surface area contributed by atoms with E-state index in [-0.39, 0.29) is 19.4 Å². The van der Waals surface area contributed by atoms with Gasteiger partial charge < -0.3 is 25.2 Å². The molecule has 0 heterocycles. The Kier molecular flexibility index (Phi) is 13.1. The quantitative estimate of drug-likeness (QED) is 0.448. The van der Waals surface area contributed by atoms with E-state index < -0.39 is 24.1 Å². The predicted octanol–water partition coefficient (Wildman–Crippen LogP) is 4.56. The van der Waals surface area contributed by atoms with Crippen LogP contribution < -0.4 is 10.6 Å². The summed E-state index contributed by atoms with van der Waals surface area (Å²) in [6.45, 7) is 0.0377. The second kappa shape index (κ2) is 16.1. The zero-order valence-electron chi connectivity index (χ0n) is 20.3. The Bertz CT molecular complexity index is 714. The molecule has 8 heteroatoms. The Hall–Kier alpha value is -2.61. The molecule has 0 aliphatic heterocycles.